The van der Waals surface area contributed by atoms with Gasteiger partial charge < -0.3 is 10.2 Å². The predicted octanol–water partition coefficient (Wildman–Crippen LogP) is 0.605. The summed E-state index contributed by atoms with van der Waals surface area (Å²) < 4.78 is 0. The van der Waals surface area contributed by atoms with Gasteiger partial charge in [-0.05, 0) is 13.8 Å². The van der Waals surface area contributed by atoms with Gasteiger partial charge in [-0.3, -0.25) is 0 Å². The van der Waals surface area contributed by atoms with Crippen molar-refractivity contribution in [2.75, 3.05) is 0 Å². The second kappa shape index (κ2) is 2.66. The smallest absolute Gasteiger partial charge is 0.336 e. The van der Waals surface area contributed by atoms with Crippen molar-refractivity contribution < 1.29 is 15.0 Å². The zero-order valence-corrected chi connectivity index (χ0v) is 6.84. The van der Waals surface area contributed by atoms with E-state index in [1.165, 1.54) is 6.92 Å². The fourth-order valence-electron chi connectivity index (χ4n) is 0.170. The molecule has 0 spiro atoms. The summed E-state index contributed by atoms with van der Waals surface area (Å²) in [7, 11) is 0. The highest BCUT2D eigenvalue weighted by Gasteiger charge is 2.34. The molecule has 0 bridgehead atoms. The molecule has 0 aliphatic rings. The minimum absolute atomic E-state index is 0.442. The van der Waals surface area contributed by atoms with Gasteiger partial charge in [0.2, 0.25) is 0 Å². The van der Waals surface area contributed by atoms with Crippen LogP contribution in [0.4, 0.5) is 0 Å². The molecular weight excluding hydrogens is 188 g/mol. The van der Waals surface area contributed by atoms with E-state index in [0.717, 1.165) is 0 Å². The second-order valence-corrected chi connectivity index (χ2v) is 3.44. The van der Waals surface area contributed by atoms with Crippen LogP contribution in [0.1, 0.15) is 13.8 Å². The summed E-state index contributed by atoms with van der Waals surface area (Å²) in [6, 6.07) is 0. The number of alkyl halides is 1. The highest BCUT2D eigenvalue weighted by molar-refractivity contribution is 9.09. The van der Waals surface area contributed by atoms with Crippen LogP contribution in [0.15, 0.2) is 0 Å². The van der Waals surface area contributed by atoms with E-state index in [1.54, 1.807) is 6.92 Å². The quantitative estimate of drug-likeness (QED) is 0.637. The Labute approximate surface area is 61.8 Å². The minimum Gasteiger partial charge on any atom is -0.479 e. The number of rotatable bonds is 2. The number of halogens is 1. The van der Waals surface area contributed by atoms with Gasteiger partial charge in [-0.15, -0.1) is 0 Å². The lowest BCUT2D eigenvalue weighted by Gasteiger charge is -2.19. The van der Waals surface area contributed by atoms with Crippen molar-refractivity contribution in [3.63, 3.8) is 0 Å². The van der Waals surface area contributed by atoms with Crippen LogP contribution in [-0.2, 0) is 4.79 Å². The van der Waals surface area contributed by atoms with Crippen LogP contribution in [0.3, 0.4) is 0 Å². The molecule has 0 aliphatic heterocycles. The normalized spacial score (nSPS) is 20.4. The molecule has 0 aromatic heterocycles. The summed E-state index contributed by atoms with van der Waals surface area (Å²) in [5.74, 6) is -1.22. The first kappa shape index (κ1) is 8.91. The summed E-state index contributed by atoms with van der Waals surface area (Å²) in [5, 5.41) is 17.4. The molecule has 0 fully saturated rings. The van der Waals surface area contributed by atoms with Crippen molar-refractivity contribution >= 4 is 21.9 Å². The molecule has 0 aliphatic carbocycles. The second-order valence-electron chi connectivity index (χ2n) is 2.07. The molecule has 0 aromatic carbocycles. The van der Waals surface area contributed by atoms with Gasteiger partial charge in [0.15, 0.2) is 5.60 Å². The van der Waals surface area contributed by atoms with Crippen LogP contribution in [0.2, 0.25) is 0 Å². The average Bonchev–Trinajstić information content (AvgIpc) is 1.65. The van der Waals surface area contributed by atoms with Crippen LogP contribution in [-0.4, -0.2) is 26.6 Å². The van der Waals surface area contributed by atoms with Crippen LogP contribution in [0, 0.1) is 0 Å². The standard InChI is InChI=1S/C5H9BrO3/c1-3(6)5(2,9)4(7)8/h3,9H,1-2H3,(H,7,8)/t3-,5-/m1/s1. The van der Waals surface area contributed by atoms with Crippen molar-refractivity contribution in [3.05, 3.63) is 0 Å². The SMILES string of the molecule is C[C@@H](Br)[C@@](C)(O)C(=O)O. The van der Waals surface area contributed by atoms with Crippen LogP contribution in [0.5, 0.6) is 0 Å². The number of aliphatic carboxylic acids is 1. The Morgan fingerprint density at radius 2 is 2.11 bits per heavy atom. The molecule has 0 saturated carbocycles. The maximum absolute atomic E-state index is 10.2. The number of hydrogen-bond donors (Lipinski definition) is 2. The van der Waals surface area contributed by atoms with E-state index in [4.69, 9.17) is 10.2 Å². The van der Waals surface area contributed by atoms with Gasteiger partial charge in [0.1, 0.15) is 0 Å². The van der Waals surface area contributed by atoms with Crippen molar-refractivity contribution in [1.29, 1.82) is 0 Å². The van der Waals surface area contributed by atoms with Gasteiger partial charge in [0.05, 0.1) is 4.83 Å². The fraction of sp³-hybridized carbons (Fsp3) is 0.800. The third kappa shape index (κ3) is 1.95. The Balaban J connectivity index is 4.19. The van der Waals surface area contributed by atoms with Gasteiger partial charge in [0, 0.05) is 0 Å². The van der Waals surface area contributed by atoms with Gasteiger partial charge in [-0.25, -0.2) is 4.79 Å². The first-order valence-electron chi connectivity index (χ1n) is 2.49. The lowest BCUT2D eigenvalue weighted by molar-refractivity contribution is -0.155. The van der Waals surface area contributed by atoms with Crippen molar-refractivity contribution in [3.8, 4) is 0 Å². The molecule has 4 heteroatoms. The molecule has 0 unspecified atom stereocenters. The number of carboxylic acid groups (broad SMARTS) is 1. The summed E-state index contributed by atoms with van der Waals surface area (Å²) in [6.07, 6.45) is 0. The van der Waals surface area contributed by atoms with Crippen molar-refractivity contribution in [1.82, 2.24) is 0 Å². The monoisotopic (exact) mass is 196 g/mol. The van der Waals surface area contributed by atoms with Crippen LogP contribution >= 0.6 is 15.9 Å². The highest BCUT2D eigenvalue weighted by atomic mass is 79.9. The fourth-order valence-corrected chi connectivity index (χ4v) is 0.366. The van der Waals surface area contributed by atoms with E-state index >= 15 is 0 Å². The Morgan fingerprint density at radius 3 is 2.11 bits per heavy atom. The van der Waals surface area contributed by atoms with Gasteiger partial charge >= 0.3 is 5.97 Å². The Hall–Kier alpha value is -0.0900. The van der Waals surface area contributed by atoms with Crippen LogP contribution < -0.4 is 0 Å². The summed E-state index contributed by atoms with van der Waals surface area (Å²) in [6.45, 7) is 2.82. The van der Waals surface area contributed by atoms with E-state index < -0.39 is 16.4 Å². The van der Waals surface area contributed by atoms with Crippen LogP contribution in [0.25, 0.3) is 0 Å². The molecule has 0 heterocycles. The van der Waals surface area contributed by atoms with Crippen molar-refractivity contribution in [2.24, 2.45) is 0 Å². The largest absolute Gasteiger partial charge is 0.479 e. The third-order valence-corrected chi connectivity index (χ3v) is 2.10. The zero-order chi connectivity index (χ0) is 7.65. The molecular formula is C5H9BrO3. The molecule has 54 valence electrons. The summed E-state index contributed by atoms with van der Waals surface area (Å²) in [5.41, 5.74) is -1.67. The van der Waals surface area contributed by atoms with E-state index in [2.05, 4.69) is 15.9 Å². The molecule has 0 saturated heterocycles. The minimum atomic E-state index is -1.67. The van der Waals surface area contributed by atoms with Gasteiger partial charge in [-0.2, -0.15) is 0 Å². The molecule has 3 nitrogen and oxygen atoms in total. The highest BCUT2D eigenvalue weighted by Crippen LogP contribution is 2.16. The Bertz CT molecular complexity index is 119. The first-order valence-corrected chi connectivity index (χ1v) is 3.40. The lowest BCUT2D eigenvalue weighted by atomic mass is 10.1. The van der Waals surface area contributed by atoms with E-state index in [9.17, 15) is 4.79 Å². The number of carboxylic acids is 1. The first-order chi connectivity index (χ1) is 3.89. The number of carbonyl (C=O) groups is 1. The molecule has 9 heavy (non-hydrogen) atoms. The molecule has 0 radical (unpaired) electrons. The lowest BCUT2D eigenvalue weighted by Crippen LogP contribution is -2.42. The maximum atomic E-state index is 10.2. The predicted molar refractivity (Wildman–Crippen MR) is 36.6 cm³/mol. The number of aliphatic hydroxyl groups is 1. The third-order valence-electron chi connectivity index (χ3n) is 1.21. The zero-order valence-electron chi connectivity index (χ0n) is 5.26. The molecule has 2 N–H and O–H groups in total. The number of hydrogen-bond acceptors (Lipinski definition) is 2. The van der Waals surface area contributed by atoms with E-state index in [-0.39, 0.29) is 0 Å². The average molecular weight is 197 g/mol. The van der Waals surface area contributed by atoms with Crippen molar-refractivity contribution in [2.45, 2.75) is 24.3 Å². The molecule has 2 atom stereocenters. The topological polar surface area (TPSA) is 57.5 Å². The molecule has 0 rings (SSSR count). The maximum Gasteiger partial charge on any atom is 0.336 e. The molecule has 0 aromatic rings. The van der Waals surface area contributed by atoms with Gasteiger partial charge in [0.25, 0.3) is 0 Å². The summed E-state index contributed by atoms with van der Waals surface area (Å²) in [4.78, 5) is 9.74. The molecule has 0 amide bonds. The van der Waals surface area contributed by atoms with Gasteiger partial charge in [-0.1, -0.05) is 15.9 Å². The Morgan fingerprint density at radius 1 is 1.78 bits per heavy atom. The summed E-state index contributed by atoms with van der Waals surface area (Å²) >= 11 is 2.97. The Kier molecular flexibility index (Phi) is 2.64. The van der Waals surface area contributed by atoms with E-state index in [0.29, 0.717) is 0 Å². The van der Waals surface area contributed by atoms with E-state index in [1.807, 2.05) is 0 Å².